The second-order valence-electron chi connectivity index (χ2n) is 8.68. The van der Waals surface area contributed by atoms with Crippen LogP contribution in [0.15, 0.2) is 48.7 Å². The minimum atomic E-state index is -4.51. The molecule has 1 aromatic carbocycles. The molecule has 2 aliphatic rings. The molecular formula is C24H23F3N6O4. The van der Waals surface area contributed by atoms with E-state index in [9.17, 15) is 23.1 Å². The molecule has 3 aromatic rings. The quantitative estimate of drug-likeness (QED) is 0.457. The molecule has 0 saturated carbocycles. The molecular weight excluding hydrogens is 493 g/mol. The van der Waals surface area contributed by atoms with Crippen molar-refractivity contribution in [2.45, 2.75) is 24.7 Å². The van der Waals surface area contributed by atoms with Crippen LogP contribution in [0.3, 0.4) is 0 Å². The first-order valence-corrected chi connectivity index (χ1v) is 11.5. The fourth-order valence-corrected chi connectivity index (χ4v) is 4.32. The van der Waals surface area contributed by atoms with Crippen molar-refractivity contribution < 1.29 is 32.9 Å². The molecule has 2 bridgehead atoms. The fourth-order valence-electron chi connectivity index (χ4n) is 4.32. The van der Waals surface area contributed by atoms with Crippen LogP contribution >= 0.6 is 0 Å². The van der Waals surface area contributed by atoms with Gasteiger partial charge in [-0.1, -0.05) is 18.2 Å². The highest BCUT2D eigenvalue weighted by atomic mass is 19.4. The monoisotopic (exact) mass is 516 g/mol. The van der Waals surface area contributed by atoms with Gasteiger partial charge in [0.25, 0.3) is 0 Å². The van der Waals surface area contributed by atoms with Gasteiger partial charge in [0.2, 0.25) is 5.88 Å². The first-order chi connectivity index (χ1) is 17.7. The van der Waals surface area contributed by atoms with E-state index in [1.54, 1.807) is 18.2 Å². The Bertz CT molecular complexity index is 1310. The third-order valence-electron chi connectivity index (χ3n) is 6.11. The molecule has 0 spiro atoms. The summed E-state index contributed by atoms with van der Waals surface area (Å²) in [6.45, 7) is 0.617. The van der Waals surface area contributed by atoms with Crippen molar-refractivity contribution in [1.29, 1.82) is 0 Å². The second kappa shape index (κ2) is 9.82. The molecule has 0 unspecified atom stereocenters. The van der Waals surface area contributed by atoms with Crippen LogP contribution in [-0.4, -0.2) is 69.6 Å². The van der Waals surface area contributed by atoms with Crippen molar-refractivity contribution in [3.63, 3.8) is 0 Å². The van der Waals surface area contributed by atoms with E-state index in [-0.39, 0.29) is 35.7 Å². The molecule has 1 fully saturated rings. The van der Waals surface area contributed by atoms with E-state index in [0.29, 0.717) is 31.0 Å². The van der Waals surface area contributed by atoms with Crippen LogP contribution in [0.5, 0.6) is 5.88 Å². The largest absolute Gasteiger partial charge is 0.475 e. The Morgan fingerprint density at radius 3 is 2.81 bits per heavy atom. The molecule has 13 heteroatoms. The van der Waals surface area contributed by atoms with Gasteiger partial charge in [-0.05, 0) is 24.6 Å². The summed E-state index contributed by atoms with van der Waals surface area (Å²) >= 11 is 0. The summed E-state index contributed by atoms with van der Waals surface area (Å²) < 4.78 is 45.0. The van der Waals surface area contributed by atoms with Crippen LogP contribution in [0.2, 0.25) is 0 Å². The number of nitrogens with zero attached hydrogens (tertiary/aromatic N) is 5. The summed E-state index contributed by atoms with van der Waals surface area (Å²) in [4.78, 5) is 29.9. The van der Waals surface area contributed by atoms with E-state index in [1.807, 2.05) is 4.90 Å². The number of ether oxygens (including phenoxy) is 1. The first-order valence-electron chi connectivity index (χ1n) is 11.5. The number of alkyl halides is 3. The normalized spacial score (nSPS) is 17.4. The Morgan fingerprint density at radius 2 is 2.03 bits per heavy atom. The standard InChI is InChI=1S/C24H23F3N6O4/c25-24(26,27)15-4-1-3-14(9-15)21-28-10-18-22(31-21)33(16-7-8-32(18)11-16)23(36)30-19-5-2-6-20(29-19)37-13-17(35)12-34/h1-6,9-10,16-17,34-35H,7-8,11-13H2,(H,29,30,36)/t16-,17+/m0/s1. The van der Waals surface area contributed by atoms with E-state index in [4.69, 9.17) is 9.84 Å². The van der Waals surface area contributed by atoms with Crippen molar-refractivity contribution in [3.8, 4) is 17.3 Å². The molecule has 1 saturated heterocycles. The van der Waals surface area contributed by atoms with E-state index >= 15 is 0 Å². The molecule has 10 nitrogen and oxygen atoms in total. The minimum absolute atomic E-state index is 0.0705. The SMILES string of the molecule is O=C(Nc1cccc(OC[C@H](O)CO)n1)N1c2nc(-c3cccc(C(F)(F)F)c3)ncc2N2CC[C@H]1C2. The molecule has 2 amide bonds. The summed E-state index contributed by atoms with van der Waals surface area (Å²) in [5, 5.41) is 21.1. The van der Waals surface area contributed by atoms with Gasteiger partial charge in [0, 0.05) is 24.7 Å². The lowest BCUT2D eigenvalue weighted by Crippen LogP contribution is -2.48. The van der Waals surface area contributed by atoms with Gasteiger partial charge < -0.3 is 19.8 Å². The number of nitrogens with one attached hydrogen (secondary N) is 1. The number of carbonyl (C=O) groups is 1. The third kappa shape index (κ3) is 5.13. The van der Waals surface area contributed by atoms with E-state index < -0.39 is 30.5 Å². The van der Waals surface area contributed by atoms with Crippen molar-refractivity contribution >= 4 is 23.4 Å². The van der Waals surface area contributed by atoms with Gasteiger partial charge >= 0.3 is 12.2 Å². The Labute approximate surface area is 209 Å². The highest BCUT2D eigenvalue weighted by Crippen LogP contribution is 2.40. The number of amides is 2. The van der Waals surface area contributed by atoms with Crippen LogP contribution in [0.1, 0.15) is 12.0 Å². The lowest BCUT2D eigenvalue weighted by molar-refractivity contribution is -0.137. The Kier molecular flexibility index (Phi) is 6.56. The van der Waals surface area contributed by atoms with E-state index in [0.717, 1.165) is 12.1 Å². The number of anilines is 3. The molecule has 0 radical (unpaired) electrons. The summed E-state index contributed by atoms with van der Waals surface area (Å²) in [6, 6.07) is 8.74. The molecule has 194 valence electrons. The zero-order valence-electron chi connectivity index (χ0n) is 19.4. The van der Waals surface area contributed by atoms with Crippen LogP contribution in [0, 0.1) is 0 Å². The number of aliphatic hydroxyl groups excluding tert-OH is 2. The molecule has 4 heterocycles. The number of pyridine rings is 1. The fraction of sp³-hybridized carbons (Fsp3) is 0.333. The lowest BCUT2D eigenvalue weighted by Gasteiger charge is -2.35. The van der Waals surface area contributed by atoms with Crippen LogP contribution < -0.4 is 19.9 Å². The van der Waals surface area contributed by atoms with E-state index in [1.165, 1.54) is 23.2 Å². The predicted molar refractivity (Wildman–Crippen MR) is 127 cm³/mol. The van der Waals surface area contributed by atoms with Gasteiger partial charge in [-0.25, -0.2) is 14.8 Å². The first kappa shape index (κ1) is 24.7. The van der Waals surface area contributed by atoms with Crippen LogP contribution in [-0.2, 0) is 6.18 Å². The molecule has 5 rings (SSSR count). The van der Waals surface area contributed by atoms with Crippen molar-refractivity contribution in [3.05, 3.63) is 54.2 Å². The Balaban J connectivity index is 1.42. The number of hydrogen-bond donors (Lipinski definition) is 3. The Morgan fingerprint density at radius 1 is 1.22 bits per heavy atom. The number of benzene rings is 1. The average molecular weight is 516 g/mol. The number of aromatic nitrogens is 3. The topological polar surface area (TPSA) is 124 Å². The van der Waals surface area contributed by atoms with Gasteiger partial charge in [-0.3, -0.25) is 10.2 Å². The van der Waals surface area contributed by atoms with Gasteiger partial charge in [-0.2, -0.15) is 18.2 Å². The Hall–Kier alpha value is -3.97. The number of urea groups is 1. The smallest absolute Gasteiger partial charge is 0.416 e. The average Bonchev–Trinajstić information content (AvgIpc) is 3.31. The van der Waals surface area contributed by atoms with Gasteiger partial charge in [-0.15, -0.1) is 0 Å². The van der Waals surface area contributed by atoms with Crippen molar-refractivity contribution in [1.82, 2.24) is 15.0 Å². The molecule has 37 heavy (non-hydrogen) atoms. The summed E-state index contributed by atoms with van der Waals surface area (Å²) in [6.07, 6.45) is -3.37. The van der Waals surface area contributed by atoms with E-state index in [2.05, 4.69) is 20.3 Å². The summed E-state index contributed by atoms with van der Waals surface area (Å²) in [7, 11) is 0. The van der Waals surface area contributed by atoms with Crippen molar-refractivity contribution in [2.75, 3.05) is 41.4 Å². The number of aliphatic hydroxyl groups is 2. The molecule has 2 aromatic heterocycles. The zero-order valence-corrected chi connectivity index (χ0v) is 19.4. The van der Waals surface area contributed by atoms with Gasteiger partial charge in [0.05, 0.1) is 30.1 Å². The van der Waals surface area contributed by atoms with Crippen molar-refractivity contribution in [2.24, 2.45) is 0 Å². The van der Waals surface area contributed by atoms with Gasteiger partial charge in [0.15, 0.2) is 11.6 Å². The predicted octanol–water partition coefficient (Wildman–Crippen LogP) is 2.92. The summed E-state index contributed by atoms with van der Waals surface area (Å²) in [5.41, 5.74) is -0.0189. The number of carbonyl (C=O) groups excluding carboxylic acids is 1. The molecule has 2 atom stereocenters. The van der Waals surface area contributed by atoms with Crippen LogP contribution in [0.4, 0.5) is 35.3 Å². The highest BCUT2D eigenvalue weighted by molar-refractivity contribution is 6.04. The number of fused-ring (bicyclic) bond motifs is 4. The van der Waals surface area contributed by atoms with Gasteiger partial charge in [0.1, 0.15) is 18.5 Å². The molecule has 2 aliphatic heterocycles. The molecule has 3 N–H and O–H groups in total. The number of hydrogen-bond acceptors (Lipinski definition) is 8. The lowest BCUT2D eigenvalue weighted by atomic mass is 10.1. The maximum Gasteiger partial charge on any atom is 0.416 e. The second-order valence-corrected chi connectivity index (χ2v) is 8.68. The third-order valence-corrected chi connectivity index (χ3v) is 6.11. The van der Waals surface area contributed by atoms with Crippen LogP contribution in [0.25, 0.3) is 11.4 Å². The maximum atomic E-state index is 13.4. The molecule has 0 aliphatic carbocycles. The zero-order chi connectivity index (χ0) is 26.2. The highest BCUT2D eigenvalue weighted by Gasteiger charge is 2.41. The summed E-state index contributed by atoms with van der Waals surface area (Å²) in [5.74, 6) is 0.703. The maximum absolute atomic E-state index is 13.4. The minimum Gasteiger partial charge on any atom is -0.475 e. The number of halogens is 3. The number of rotatable bonds is 6.